The fourth-order valence-corrected chi connectivity index (χ4v) is 2.80. The fourth-order valence-electron chi connectivity index (χ4n) is 1.40. The topological polar surface area (TPSA) is 72.5 Å². The van der Waals surface area contributed by atoms with E-state index in [1.165, 1.54) is 7.11 Å². The predicted molar refractivity (Wildman–Crippen MR) is 76.0 cm³/mol. The molecule has 1 amide bonds. The highest BCUT2D eigenvalue weighted by atomic mass is 79.9. The van der Waals surface area contributed by atoms with Crippen molar-refractivity contribution < 1.29 is 22.3 Å². The summed E-state index contributed by atoms with van der Waals surface area (Å²) in [4.78, 5) is 11.1. The first kappa shape index (κ1) is 17.4. The summed E-state index contributed by atoms with van der Waals surface area (Å²) in [6, 6.07) is 1.78. The molecule has 1 aromatic rings. The number of ether oxygens (including phenoxy) is 1. The van der Waals surface area contributed by atoms with Crippen LogP contribution in [-0.4, -0.2) is 34.6 Å². The zero-order valence-electron chi connectivity index (χ0n) is 10.5. The van der Waals surface area contributed by atoms with Crippen LogP contribution in [-0.2, 0) is 13.8 Å². The number of nitrogens with one attached hydrogen (secondary N) is 1. The van der Waals surface area contributed by atoms with Crippen LogP contribution in [0.4, 0.5) is 4.39 Å². The van der Waals surface area contributed by atoms with Crippen LogP contribution >= 0.6 is 26.6 Å². The highest BCUT2D eigenvalue weighted by molar-refractivity contribution is 9.10. The molecule has 9 heteroatoms. The second-order valence-corrected chi connectivity index (χ2v) is 7.19. The van der Waals surface area contributed by atoms with Gasteiger partial charge in [0.1, 0.15) is 10.7 Å². The molecule has 0 spiro atoms. The number of carbonyl (C=O) groups is 1. The van der Waals surface area contributed by atoms with Gasteiger partial charge in [0.2, 0.25) is 0 Å². The molecular weight excluding hydrogens is 377 g/mol. The van der Waals surface area contributed by atoms with Crippen molar-refractivity contribution in [2.24, 2.45) is 0 Å². The van der Waals surface area contributed by atoms with Crippen LogP contribution in [0.1, 0.15) is 16.8 Å². The highest BCUT2D eigenvalue weighted by Crippen LogP contribution is 2.26. The molecule has 0 aromatic heterocycles. The minimum Gasteiger partial charge on any atom is -0.385 e. The number of carbonyl (C=O) groups excluding carboxylic acids is 1. The van der Waals surface area contributed by atoms with E-state index in [1.54, 1.807) is 0 Å². The van der Waals surface area contributed by atoms with Gasteiger partial charge >= 0.3 is 0 Å². The third kappa shape index (κ3) is 4.69. The van der Waals surface area contributed by atoms with Crippen molar-refractivity contribution in [3.8, 4) is 0 Å². The molecule has 112 valence electrons. The Kier molecular flexibility index (Phi) is 6.38. The molecule has 1 rings (SSSR count). The first-order valence-electron chi connectivity index (χ1n) is 5.48. The Morgan fingerprint density at radius 2 is 2.15 bits per heavy atom. The molecule has 0 heterocycles. The largest absolute Gasteiger partial charge is 0.385 e. The van der Waals surface area contributed by atoms with Crippen molar-refractivity contribution in [3.63, 3.8) is 0 Å². The van der Waals surface area contributed by atoms with Gasteiger partial charge in [-0.2, -0.15) is 0 Å². The molecular formula is C11H12BrClFNO4S. The third-order valence-electron chi connectivity index (χ3n) is 2.34. The van der Waals surface area contributed by atoms with Gasteiger partial charge in [0.25, 0.3) is 15.0 Å². The molecule has 0 saturated heterocycles. The standard InChI is InChI=1S/C11H12BrClFNO4S/c1-19-4-2-3-15-11(16)7-5-10(20(13,17)18)9(14)6-8(7)12/h5-6H,2-4H2,1H3,(H,15,16). The summed E-state index contributed by atoms with van der Waals surface area (Å²) in [6.07, 6.45) is 0.599. The van der Waals surface area contributed by atoms with Crippen LogP contribution in [0, 0.1) is 5.82 Å². The van der Waals surface area contributed by atoms with Gasteiger partial charge in [-0.1, -0.05) is 0 Å². The summed E-state index contributed by atoms with van der Waals surface area (Å²) in [5.41, 5.74) is -0.0111. The van der Waals surface area contributed by atoms with Gasteiger partial charge in [-0.15, -0.1) is 0 Å². The van der Waals surface area contributed by atoms with E-state index >= 15 is 0 Å². The lowest BCUT2D eigenvalue weighted by atomic mass is 10.2. The van der Waals surface area contributed by atoms with Gasteiger partial charge in [-0.05, 0) is 34.5 Å². The van der Waals surface area contributed by atoms with E-state index in [9.17, 15) is 17.6 Å². The van der Waals surface area contributed by atoms with Crippen molar-refractivity contribution in [3.05, 3.63) is 28.0 Å². The van der Waals surface area contributed by atoms with E-state index in [2.05, 4.69) is 21.2 Å². The van der Waals surface area contributed by atoms with Crippen molar-refractivity contribution in [1.29, 1.82) is 0 Å². The molecule has 0 saturated carbocycles. The van der Waals surface area contributed by atoms with Gasteiger partial charge in [-0.25, -0.2) is 12.8 Å². The molecule has 0 atom stereocenters. The molecule has 1 aromatic carbocycles. The van der Waals surface area contributed by atoms with Crippen molar-refractivity contribution in [2.45, 2.75) is 11.3 Å². The maximum atomic E-state index is 13.5. The molecule has 20 heavy (non-hydrogen) atoms. The first-order valence-corrected chi connectivity index (χ1v) is 8.58. The molecule has 0 bridgehead atoms. The molecule has 1 N–H and O–H groups in total. The molecule has 5 nitrogen and oxygen atoms in total. The van der Waals surface area contributed by atoms with E-state index in [-0.39, 0.29) is 10.0 Å². The zero-order chi connectivity index (χ0) is 15.3. The van der Waals surface area contributed by atoms with E-state index in [0.29, 0.717) is 19.6 Å². The molecule has 0 unspecified atom stereocenters. The Labute approximate surface area is 129 Å². The summed E-state index contributed by atoms with van der Waals surface area (Å²) >= 11 is 3.01. The van der Waals surface area contributed by atoms with Gasteiger partial charge in [0.05, 0.1) is 5.56 Å². The van der Waals surface area contributed by atoms with E-state index in [0.717, 1.165) is 12.1 Å². The van der Waals surface area contributed by atoms with Crippen LogP contribution in [0.3, 0.4) is 0 Å². The number of halogens is 3. The van der Waals surface area contributed by atoms with Crippen LogP contribution < -0.4 is 5.32 Å². The lowest BCUT2D eigenvalue weighted by molar-refractivity contribution is 0.0947. The maximum Gasteiger partial charge on any atom is 0.264 e. The zero-order valence-corrected chi connectivity index (χ0v) is 13.6. The van der Waals surface area contributed by atoms with Gasteiger partial charge in [0.15, 0.2) is 0 Å². The average molecular weight is 389 g/mol. The minimum absolute atomic E-state index is 0.0111. The molecule has 0 aliphatic heterocycles. The Morgan fingerprint density at radius 3 is 2.70 bits per heavy atom. The van der Waals surface area contributed by atoms with Crippen LogP contribution in [0.25, 0.3) is 0 Å². The third-order valence-corrected chi connectivity index (χ3v) is 4.33. The number of hydrogen-bond acceptors (Lipinski definition) is 4. The van der Waals surface area contributed by atoms with E-state index in [1.807, 2.05) is 0 Å². The van der Waals surface area contributed by atoms with Crippen LogP contribution in [0.5, 0.6) is 0 Å². The summed E-state index contributed by atoms with van der Waals surface area (Å²) in [5.74, 6) is -1.56. The van der Waals surface area contributed by atoms with Crippen molar-refractivity contribution in [1.82, 2.24) is 5.32 Å². The van der Waals surface area contributed by atoms with Crippen molar-refractivity contribution >= 4 is 41.6 Å². The lowest BCUT2D eigenvalue weighted by Gasteiger charge is -2.08. The van der Waals surface area contributed by atoms with E-state index < -0.39 is 25.7 Å². The number of rotatable bonds is 6. The summed E-state index contributed by atoms with van der Waals surface area (Å²) < 4.78 is 40.9. The molecule has 0 aliphatic carbocycles. The van der Waals surface area contributed by atoms with Crippen LogP contribution in [0.15, 0.2) is 21.5 Å². The van der Waals surface area contributed by atoms with Gasteiger partial charge < -0.3 is 10.1 Å². The number of hydrogen-bond donors (Lipinski definition) is 1. The first-order chi connectivity index (χ1) is 9.27. The smallest absolute Gasteiger partial charge is 0.264 e. The summed E-state index contributed by atoms with van der Waals surface area (Å²) in [6.45, 7) is 0.825. The van der Waals surface area contributed by atoms with Crippen LogP contribution in [0.2, 0.25) is 0 Å². The summed E-state index contributed by atoms with van der Waals surface area (Å²) in [7, 11) is 2.39. The Bertz CT molecular complexity index is 609. The SMILES string of the molecule is COCCCNC(=O)c1cc(S(=O)(=O)Cl)c(F)cc1Br. The predicted octanol–water partition coefficient (Wildman–Crippen LogP) is 2.28. The Morgan fingerprint density at radius 1 is 1.50 bits per heavy atom. The normalized spacial score (nSPS) is 11.4. The minimum atomic E-state index is -4.26. The quantitative estimate of drug-likeness (QED) is 0.599. The molecule has 0 fully saturated rings. The highest BCUT2D eigenvalue weighted by Gasteiger charge is 2.21. The monoisotopic (exact) mass is 387 g/mol. The Hall–Kier alpha value is -0.700. The number of methoxy groups -OCH3 is 1. The maximum absolute atomic E-state index is 13.5. The number of amides is 1. The van der Waals surface area contributed by atoms with Gasteiger partial charge in [-0.3, -0.25) is 4.79 Å². The Balaban J connectivity index is 2.98. The van der Waals surface area contributed by atoms with E-state index in [4.69, 9.17) is 15.4 Å². The second kappa shape index (κ2) is 7.35. The number of benzene rings is 1. The van der Waals surface area contributed by atoms with Gasteiger partial charge in [0, 0.05) is 35.4 Å². The molecule has 0 aliphatic rings. The second-order valence-electron chi connectivity index (χ2n) is 3.80. The fraction of sp³-hybridized carbons (Fsp3) is 0.364. The average Bonchev–Trinajstić information content (AvgIpc) is 2.32. The molecule has 0 radical (unpaired) electrons. The van der Waals surface area contributed by atoms with Crippen molar-refractivity contribution in [2.75, 3.05) is 20.3 Å². The summed E-state index contributed by atoms with van der Waals surface area (Å²) in [5, 5.41) is 2.56. The lowest BCUT2D eigenvalue weighted by Crippen LogP contribution is -2.25.